The number of imide groups is 1. The Morgan fingerprint density at radius 3 is 2.15 bits per heavy atom. The van der Waals surface area contributed by atoms with Crippen LogP contribution < -0.4 is 5.32 Å². The van der Waals surface area contributed by atoms with Crippen LogP contribution in [0.2, 0.25) is 0 Å². The summed E-state index contributed by atoms with van der Waals surface area (Å²) in [5.41, 5.74) is 3.97. The average molecular weight is 458 g/mol. The van der Waals surface area contributed by atoms with Crippen molar-refractivity contribution in [2.45, 2.75) is 25.8 Å². The van der Waals surface area contributed by atoms with Crippen LogP contribution in [0.5, 0.6) is 0 Å². The van der Waals surface area contributed by atoms with Crippen LogP contribution in [0.25, 0.3) is 22.4 Å². The minimum atomic E-state index is -0.881. The normalized spacial score (nSPS) is 20.6. The second-order valence-corrected chi connectivity index (χ2v) is 9.21. The third-order valence-corrected chi connectivity index (χ3v) is 7.09. The lowest BCUT2D eigenvalue weighted by atomic mass is 9.85. The van der Waals surface area contributed by atoms with E-state index in [1.54, 1.807) is 6.92 Å². The van der Waals surface area contributed by atoms with E-state index in [0.717, 1.165) is 27.3 Å². The summed E-state index contributed by atoms with van der Waals surface area (Å²) in [7, 11) is 0. The standard InChI is InChI=1S/C26H23N3O3S/c1-16(29-24(31)20-9-5-6-10-21(20)25(29)32)23(30)28-26-27-22(15-33-26)19-13-11-18(12-14-19)17-7-3-2-4-8-17/h2-8,11-16,20-21H,9-10H2,1H3,(H,27,28,30)/t16-,20+,21+/m0/s1. The maximum Gasteiger partial charge on any atom is 0.249 e. The number of rotatable bonds is 5. The Hall–Kier alpha value is -3.58. The summed E-state index contributed by atoms with van der Waals surface area (Å²) in [4.78, 5) is 44.0. The molecule has 3 atom stereocenters. The van der Waals surface area contributed by atoms with Crippen molar-refractivity contribution in [3.8, 4) is 22.4 Å². The zero-order valence-electron chi connectivity index (χ0n) is 18.1. The largest absolute Gasteiger partial charge is 0.300 e. The van der Waals surface area contributed by atoms with E-state index >= 15 is 0 Å². The number of carbonyl (C=O) groups is 3. The number of allylic oxidation sites excluding steroid dienone is 2. The Kier molecular flexibility index (Phi) is 5.64. The van der Waals surface area contributed by atoms with Gasteiger partial charge in [-0.3, -0.25) is 19.3 Å². The number of thiazole rings is 1. The molecular formula is C26H23N3O3S. The Morgan fingerprint density at radius 2 is 1.52 bits per heavy atom. The molecule has 0 saturated carbocycles. The van der Waals surface area contributed by atoms with Gasteiger partial charge in [0.2, 0.25) is 17.7 Å². The highest BCUT2D eigenvalue weighted by molar-refractivity contribution is 7.14. The van der Waals surface area contributed by atoms with Gasteiger partial charge in [-0.1, -0.05) is 66.7 Å². The summed E-state index contributed by atoms with van der Waals surface area (Å²) in [5.74, 6) is -1.61. The number of hydrogen-bond acceptors (Lipinski definition) is 5. The van der Waals surface area contributed by atoms with E-state index in [9.17, 15) is 14.4 Å². The van der Waals surface area contributed by atoms with Crippen LogP contribution in [-0.4, -0.2) is 33.6 Å². The van der Waals surface area contributed by atoms with Gasteiger partial charge in [0.25, 0.3) is 0 Å². The van der Waals surface area contributed by atoms with Crippen molar-refractivity contribution in [3.63, 3.8) is 0 Å². The zero-order valence-corrected chi connectivity index (χ0v) is 18.9. The molecule has 1 fully saturated rings. The number of fused-ring (bicyclic) bond motifs is 1. The van der Waals surface area contributed by atoms with Gasteiger partial charge in [-0.25, -0.2) is 4.98 Å². The topological polar surface area (TPSA) is 79.4 Å². The molecule has 2 heterocycles. The van der Waals surface area contributed by atoms with Crippen LogP contribution in [0.1, 0.15) is 19.8 Å². The maximum absolute atomic E-state index is 12.8. The third kappa shape index (κ3) is 4.00. The van der Waals surface area contributed by atoms with Crippen LogP contribution in [0.15, 0.2) is 72.1 Å². The van der Waals surface area contributed by atoms with E-state index in [4.69, 9.17) is 0 Å². The number of anilines is 1. The van der Waals surface area contributed by atoms with Gasteiger partial charge in [0.1, 0.15) is 6.04 Å². The lowest BCUT2D eigenvalue weighted by Gasteiger charge is -2.21. The summed E-state index contributed by atoms with van der Waals surface area (Å²) < 4.78 is 0. The summed E-state index contributed by atoms with van der Waals surface area (Å²) in [6.07, 6.45) is 4.98. The zero-order chi connectivity index (χ0) is 22.9. The first-order chi connectivity index (χ1) is 16.0. The third-order valence-electron chi connectivity index (χ3n) is 6.33. The highest BCUT2D eigenvalue weighted by Crippen LogP contribution is 2.36. The molecule has 2 aromatic carbocycles. The average Bonchev–Trinajstić information content (AvgIpc) is 3.42. The van der Waals surface area contributed by atoms with Crippen LogP contribution in [0.4, 0.5) is 5.13 Å². The molecule has 3 amide bonds. The van der Waals surface area contributed by atoms with Crippen LogP contribution in [0, 0.1) is 11.8 Å². The monoisotopic (exact) mass is 457 g/mol. The number of hydrogen-bond donors (Lipinski definition) is 1. The van der Waals surface area contributed by atoms with Gasteiger partial charge in [0.15, 0.2) is 5.13 Å². The molecule has 1 aromatic heterocycles. The predicted octanol–water partition coefficient (Wildman–Crippen LogP) is 4.76. The molecule has 2 aliphatic rings. The molecule has 0 unspecified atom stereocenters. The Balaban J connectivity index is 1.26. The molecule has 0 radical (unpaired) electrons. The highest BCUT2D eigenvalue weighted by Gasteiger charge is 2.50. The van der Waals surface area contributed by atoms with Crippen molar-refractivity contribution in [2.24, 2.45) is 11.8 Å². The van der Waals surface area contributed by atoms with Crippen molar-refractivity contribution in [2.75, 3.05) is 5.32 Å². The molecule has 5 rings (SSSR count). The molecule has 1 aliphatic carbocycles. The van der Waals surface area contributed by atoms with Gasteiger partial charge in [-0.2, -0.15) is 0 Å². The van der Waals surface area contributed by atoms with Crippen LogP contribution >= 0.6 is 11.3 Å². The number of amides is 3. The highest BCUT2D eigenvalue weighted by atomic mass is 32.1. The van der Waals surface area contributed by atoms with Gasteiger partial charge >= 0.3 is 0 Å². The number of likely N-dealkylation sites (tertiary alicyclic amines) is 1. The Morgan fingerprint density at radius 1 is 0.939 bits per heavy atom. The van der Waals surface area contributed by atoms with E-state index in [1.807, 2.05) is 60.0 Å². The first kappa shape index (κ1) is 21.3. The van der Waals surface area contributed by atoms with Gasteiger partial charge in [-0.15, -0.1) is 11.3 Å². The molecule has 1 saturated heterocycles. The molecule has 1 N–H and O–H groups in total. The van der Waals surface area contributed by atoms with Crippen molar-refractivity contribution < 1.29 is 14.4 Å². The molecule has 0 bridgehead atoms. The minimum Gasteiger partial charge on any atom is -0.300 e. The van der Waals surface area contributed by atoms with E-state index in [2.05, 4.69) is 22.4 Å². The van der Waals surface area contributed by atoms with Gasteiger partial charge in [0, 0.05) is 10.9 Å². The first-order valence-electron chi connectivity index (χ1n) is 11.0. The number of nitrogens with zero attached hydrogens (tertiary/aromatic N) is 2. The summed E-state index contributed by atoms with van der Waals surface area (Å²) in [5, 5.41) is 5.09. The number of nitrogens with one attached hydrogen (secondary N) is 1. The fourth-order valence-corrected chi connectivity index (χ4v) is 5.19. The van der Waals surface area contributed by atoms with Crippen LogP contribution in [-0.2, 0) is 14.4 Å². The number of aromatic nitrogens is 1. The second kappa shape index (κ2) is 8.75. The molecule has 33 heavy (non-hydrogen) atoms. The lowest BCUT2D eigenvalue weighted by molar-refractivity contribution is -0.146. The summed E-state index contributed by atoms with van der Waals surface area (Å²) in [6, 6.07) is 17.3. The van der Waals surface area contributed by atoms with E-state index < -0.39 is 11.9 Å². The maximum atomic E-state index is 12.8. The quantitative estimate of drug-likeness (QED) is 0.443. The number of benzene rings is 2. The molecule has 7 heteroatoms. The molecule has 1 aliphatic heterocycles. The van der Waals surface area contributed by atoms with Crippen molar-refractivity contribution >= 4 is 34.2 Å². The minimum absolute atomic E-state index is 0.254. The van der Waals surface area contributed by atoms with E-state index in [1.165, 1.54) is 11.3 Å². The van der Waals surface area contributed by atoms with Crippen LogP contribution in [0.3, 0.4) is 0 Å². The van der Waals surface area contributed by atoms with Crippen molar-refractivity contribution in [1.82, 2.24) is 9.88 Å². The van der Waals surface area contributed by atoms with Gasteiger partial charge < -0.3 is 5.32 Å². The number of carbonyl (C=O) groups excluding carboxylic acids is 3. The summed E-state index contributed by atoms with van der Waals surface area (Å²) in [6.45, 7) is 1.59. The Labute approximate surface area is 196 Å². The smallest absolute Gasteiger partial charge is 0.249 e. The Bertz CT molecular complexity index is 1210. The summed E-state index contributed by atoms with van der Waals surface area (Å²) >= 11 is 1.31. The molecule has 166 valence electrons. The van der Waals surface area contributed by atoms with Gasteiger partial charge in [0.05, 0.1) is 17.5 Å². The molecule has 6 nitrogen and oxygen atoms in total. The second-order valence-electron chi connectivity index (χ2n) is 8.35. The SMILES string of the molecule is C[C@@H](C(=O)Nc1nc(-c2ccc(-c3ccccc3)cc2)cs1)N1C(=O)[C@@H]2CC=CC[C@H]2C1=O. The fraction of sp³-hybridized carbons (Fsp3) is 0.231. The lowest BCUT2D eigenvalue weighted by Crippen LogP contribution is -2.46. The molecule has 3 aromatic rings. The van der Waals surface area contributed by atoms with Crippen molar-refractivity contribution in [1.29, 1.82) is 0 Å². The molecule has 0 spiro atoms. The fourth-order valence-electron chi connectivity index (χ4n) is 4.46. The van der Waals surface area contributed by atoms with E-state index in [-0.39, 0.29) is 23.7 Å². The van der Waals surface area contributed by atoms with Gasteiger partial charge in [-0.05, 0) is 30.9 Å². The first-order valence-corrected chi connectivity index (χ1v) is 11.8. The van der Waals surface area contributed by atoms with Crippen molar-refractivity contribution in [3.05, 3.63) is 72.1 Å². The molecular weight excluding hydrogens is 434 g/mol. The predicted molar refractivity (Wildman–Crippen MR) is 128 cm³/mol. The van der Waals surface area contributed by atoms with E-state index in [0.29, 0.717) is 18.0 Å².